The third-order valence-electron chi connectivity index (χ3n) is 3.50. The highest BCUT2D eigenvalue weighted by Crippen LogP contribution is 2.23. The fraction of sp³-hybridized carbons (Fsp3) is 0.471. The fourth-order valence-corrected chi connectivity index (χ4v) is 2.49. The van der Waals surface area contributed by atoms with Crippen molar-refractivity contribution < 1.29 is 19.6 Å². The van der Waals surface area contributed by atoms with E-state index in [1.807, 2.05) is 12.1 Å². The molecule has 1 aliphatic rings. The van der Waals surface area contributed by atoms with Crippen molar-refractivity contribution in [1.29, 1.82) is 0 Å². The van der Waals surface area contributed by atoms with E-state index in [4.69, 9.17) is 15.3 Å². The highest BCUT2D eigenvalue weighted by Gasteiger charge is 2.24. The van der Waals surface area contributed by atoms with Crippen LogP contribution in [-0.4, -0.2) is 41.3 Å². The van der Waals surface area contributed by atoms with Gasteiger partial charge in [-0.05, 0) is 12.8 Å². The number of aromatic nitrogens is 1. The van der Waals surface area contributed by atoms with Gasteiger partial charge in [0, 0.05) is 47.9 Å². The number of nitrogens with two attached hydrogens (primary N) is 1. The zero-order valence-electron chi connectivity index (χ0n) is 14.4. The van der Waals surface area contributed by atoms with Crippen LogP contribution in [0.4, 0.5) is 11.5 Å². The minimum absolute atomic E-state index is 0.213. The Kier molecular flexibility index (Phi) is 6.60. The molecule has 132 valence electrons. The number of ether oxygens (including phenoxy) is 1. The monoisotopic (exact) mass is 335 g/mol. The summed E-state index contributed by atoms with van der Waals surface area (Å²) in [5.74, 6) is 0.888. The second-order valence-electron chi connectivity index (χ2n) is 5.61. The normalized spacial score (nSPS) is 15.0. The first-order valence-electron chi connectivity index (χ1n) is 8.34. The lowest BCUT2D eigenvalue weighted by Crippen LogP contribution is -2.33. The lowest BCUT2D eigenvalue weighted by Gasteiger charge is -2.24. The summed E-state index contributed by atoms with van der Waals surface area (Å²) in [5, 5.41) is 9.91. The van der Waals surface area contributed by atoms with Crippen LogP contribution in [0, 0.1) is 0 Å². The molecule has 1 aliphatic heterocycles. The van der Waals surface area contributed by atoms with Crippen LogP contribution < -0.4 is 15.4 Å². The fourth-order valence-electron chi connectivity index (χ4n) is 2.49. The first-order valence-corrected chi connectivity index (χ1v) is 8.34. The Balaban J connectivity index is 1.92. The van der Waals surface area contributed by atoms with Gasteiger partial charge in [-0.3, -0.25) is 0 Å². The Morgan fingerprint density at radius 1 is 1.12 bits per heavy atom. The van der Waals surface area contributed by atoms with Crippen LogP contribution in [0.15, 0.2) is 36.7 Å². The quantitative estimate of drug-likeness (QED) is 0.505. The molecule has 2 heterocycles. The number of hydrogen-bond donors (Lipinski definition) is 2. The number of hydroxylamine groups is 4. The van der Waals surface area contributed by atoms with Gasteiger partial charge in [0.1, 0.15) is 19.0 Å². The molecule has 0 unspecified atom stereocenters. The van der Waals surface area contributed by atoms with Gasteiger partial charge >= 0.3 is 0 Å². The second-order valence-corrected chi connectivity index (χ2v) is 5.61. The Morgan fingerprint density at radius 3 is 2.42 bits per heavy atom. The minimum atomic E-state index is -0.667. The van der Waals surface area contributed by atoms with E-state index in [2.05, 4.69) is 23.7 Å². The van der Waals surface area contributed by atoms with E-state index >= 15 is 0 Å². The van der Waals surface area contributed by atoms with E-state index in [9.17, 15) is 5.21 Å². The summed E-state index contributed by atoms with van der Waals surface area (Å²) in [6.45, 7) is 6.70. The maximum absolute atomic E-state index is 9.91. The van der Waals surface area contributed by atoms with E-state index in [0.717, 1.165) is 31.6 Å². The molecule has 1 aromatic heterocycles. The molecule has 0 aromatic carbocycles. The molecule has 0 saturated carbocycles. The van der Waals surface area contributed by atoms with Gasteiger partial charge in [-0.2, -0.15) is 15.0 Å². The maximum atomic E-state index is 9.91. The van der Waals surface area contributed by atoms with E-state index in [0.29, 0.717) is 11.7 Å². The Bertz CT molecular complexity index is 571. The molecule has 7 heteroatoms. The molecule has 0 aliphatic carbocycles. The molecule has 0 spiro atoms. The summed E-state index contributed by atoms with van der Waals surface area (Å²) in [5.41, 5.74) is 6.92. The largest absolute Gasteiger partial charge is 0.475 e. The van der Waals surface area contributed by atoms with Gasteiger partial charge in [0.25, 0.3) is 0 Å². The van der Waals surface area contributed by atoms with Crippen LogP contribution in [0.1, 0.15) is 26.7 Å². The van der Waals surface area contributed by atoms with Crippen molar-refractivity contribution in [1.82, 2.24) is 4.98 Å². The SMILES string of the molecule is CCCN(CCC)c1cc(N)nc(OCCO[N+]2(O)C=CC=C2)c1. The van der Waals surface area contributed by atoms with Crippen molar-refractivity contribution in [2.45, 2.75) is 26.7 Å². The van der Waals surface area contributed by atoms with Crippen LogP contribution >= 0.6 is 0 Å². The van der Waals surface area contributed by atoms with Crippen LogP contribution in [0.3, 0.4) is 0 Å². The summed E-state index contributed by atoms with van der Waals surface area (Å²) < 4.78 is 5.63. The summed E-state index contributed by atoms with van der Waals surface area (Å²) in [7, 11) is 0. The molecule has 3 N–H and O–H groups in total. The maximum Gasteiger partial charge on any atom is 0.217 e. The lowest BCUT2D eigenvalue weighted by atomic mass is 10.3. The smallest absolute Gasteiger partial charge is 0.217 e. The van der Waals surface area contributed by atoms with E-state index < -0.39 is 4.81 Å². The van der Waals surface area contributed by atoms with E-state index in [1.165, 1.54) is 12.4 Å². The number of hydrogen-bond acceptors (Lipinski definition) is 6. The number of pyridine rings is 1. The van der Waals surface area contributed by atoms with Crippen LogP contribution in [0.5, 0.6) is 5.88 Å². The molecule has 0 radical (unpaired) electrons. The van der Waals surface area contributed by atoms with E-state index in [1.54, 1.807) is 12.2 Å². The van der Waals surface area contributed by atoms with Crippen LogP contribution in [0.25, 0.3) is 0 Å². The Hall–Kier alpha value is -2.09. The van der Waals surface area contributed by atoms with Crippen LogP contribution in [0.2, 0.25) is 0 Å². The van der Waals surface area contributed by atoms with Gasteiger partial charge in [0.15, 0.2) is 12.4 Å². The number of anilines is 2. The van der Waals surface area contributed by atoms with Gasteiger partial charge in [-0.25, -0.2) is 0 Å². The molecule has 0 saturated heterocycles. The molecule has 0 bridgehead atoms. The number of nitrogen functional groups attached to an aromatic ring is 1. The average molecular weight is 335 g/mol. The predicted octanol–water partition coefficient (Wildman–Crippen LogP) is 2.85. The molecule has 0 atom stereocenters. The van der Waals surface area contributed by atoms with Crippen molar-refractivity contribution in [3.05, 3.63) is 36.7 Å². The zero-order chi connectivity index (χ0) is 17.4. The summed E-state index contributed by atoms with van der Waals surface area (Å²) in [6, 6.07) is 3.75. The van der Waals surface area contributed by atoms with Gasteiger partial charge in [0.2, 0.25) is 5.88 Å². The van der Waals surface area contributed by atoms with Crippen molar-refractivity contribution in [2.75, 3.05) is 36.9 Å². The number of allylic oxidation sites excluding steroid dienone is 2. The Morgan fingerprint density at radius 2 is 1.79 bits per heavy atom. The van der Waals surface area contributed by atoms with Crippen molar-refractivity contribution in [3.63, 3.8) is 0 Å². The van der Waals surface area contributed by atoms with Crippen molar-refractivity contribution >= 4 is 11.5 Å². The molecule has 0 amide bonds. The third kappa shape index (κ3) is 5.23. The van der Waals surface area contributed by atoms with Crippen molar-refractivity contribution in [3.8, 4) is 5.88 Å². The van der Waals surface area contributed by atoms with Gasteiger partial charge in [0.05, 0.1) is 0 Å². The lowest BCUT2D eigenvalue weighted by molar-refractivity contribution is -1.18. The molecule has 24 heavy (non-hydrogen) atoms. The summed E-state index contributed by atoms with van der Waals surface area (Å²) in [6.07, 6.45) is 8.58. The summed E-state index contributed by atoms with van der Waals surface area (Å²) >= 11 is 0. The van der Waals surface area contributed by atoms with E-state index in [-0.39, 0.29) is 13.2 Å². The first kappa shape index (κ1) is 18.3. The number of quaternary nitrogens is 1. The van der Waals surface area contributed by atoms with Crippen LogP contribution in [-0.2, 0) is 4.84 Å². The number of rotatable bonds is 10. The molecule has 2 rings (SSSR count). The highest BCUT2D eigenvalue weighted by molar-refractivity contribution is 5.55. The Labute approximate surface area is 143 Å². The molecule has 0 fully saturated rings. The minimum Gasteiger partial charge on any atom is -0.475 e. The van der Waals surface area contributed by atoms with Gasteiger partial charge in [-0.1, -0.05) is 13.8 Å². The first-order chi connectivity index (χ1) is 11.6. The molecule has 7 nitrogen and oxygen atoms in total. The van der Waals surface area contributed by atoms with Gasteiger partial charge < -0.3 is 15.4 Å². The summed E-state index contributed by atoms with van der Waals surface area (Å²) in [4.78, 5) is 11.1. The second kappa shape index (κ2) is 8.68. The molecular weight excluding hydrogens is 308 g/mol. The van der Waals surface area contributed by atoms with Crippen molar-refractivity contribution in [2.24, 2.45) is 0 Å². The standard InChI is InChI=1S/C17H27N4O3/c1-3-7-20(8-4-2)15-13-16(18)19-17(14-15)23-11-12-24-21(22)9-5-6-10-21/h5-6,9-10,13-14,22H,3-4,7-8,11-12H2,1-2H3,(H2,18,19)/q+1. The molecule has 1 aromatic rings. The third-order valence-corrected chi connectivity index (χ3v) is 3.50. The highest BCUT2D eigenvalue weighted by atomic mass is 16.9. The zero-order valence-corrected chi connectivity index (χ0v) is 14.4. The number of nitrogens with zero attached hydrogens (tertiary/aromatic N) is 3. The predicted molar refractivity (Wildman–Crippen MR) is 93.2 cm³/mol. The van der Waals surface area contributed by atoms with Gasteiger partial charge in [-0.15, -0.1) is 0 Å². The molecular formula is C17H27N4O3+. The topological polar surface area (TPSA) is 80.8 Å². The average Bonchev–Trinajstić information content (AvgIpc) is 2.98.